The molecular formula is C17H24N4S2. The van der Waals surface area contributed by atoms with Crippen LogP contribution in [0.2, 0.25) is 0 Å². The second kappa shape index (κ2) is 7.55. The zero-order valence-electron chi connectivity index (χ0n) is 13.6. The van der Waals surface area contributed by atoms with Crippen LogP contribution < -0.4 is 5.32 Å². The summed E-state index contributed by atoms with van der Waals surface area (Å²) in [4.78, 5) is 6.84. The molecule has 124 valence electrons. The Kier molecular flexibility index (Phi) is 5.46. The molecule has 1 aromatic carbocycles. The summed E-state index contributed by atoms with van der Waals surface area (Å²) < 4.78 is 0. The van der Waals surface area contributed by atoms with Crippen LogP contribution in [0.25, 0.3) is 0 Å². The van der Waals surface area contributed by atoms with E-state index in [1.165, 1.54) is 25.8 Å². The molecule has 0 spiro atoms. The Morgan fingerprint density at radius 1 is 1.17 bits per heavy atom. The smallest absolute Gasteiger partial charge is 0.179 e. The first kappa shape index (κ1) is 16.6. The van der Waals surface area contributed by atoms with Gasteiger partial charge in [0.15, 0.2) is 10.2 Å². The maximum atomic E-state index is 5.66. The van der Waals surface area contributed by atoms with Crippen LogP contribution in [0, 0.1) is 0 Å². The summed E-state index contributed by atoms with van der Waals surface area (Å²) >= 11 is 11.2. The van der Waals surface area contributed by atoms with Crippen molar-refractivity contribution in [1.82, 2.24) is 14.7 Å². The van der Waals surface area contributed by atoms with E-state index >= 15 is 0 Å². The third-order valence-corrected chi connectivity index (χ3v) is 5.46. The molecule has 2 heterocycles. The zero-order valence-corrected chi connectivity index (χ0v) is 15.2. The van der Waals surface area contributed by atoms with E-state index in [4.69, 9.17) is 24.4 Å². The Balaban J connectivity index is 1.56. The quantitative estimate of drug-likeness (QED) is 0.842. The highest BCUT2D eigenvalue weighted by atomic mass is 32.1. The number of hydrogen-bond donors (Lipinski definition) is 1. The molecule has 2 fully saturated rings. The second-order valence-electron chi connectivity index (χ2n) is 6.29. The Bertz CT molecular complexity index is 563. The minimum absolute atomic E-state index is 0.648. The van der Waals surface area contributed by atoms with Crippen LogP contribution >= 0.6 is 24.4 Å². The standard InChI is InChI=1S/C17H24N4S2/c1-14-7-5-6-10-19(14)13-20-11-12-21(17(20)23)16(22)18-15-8-3-2-4-9-15/h2-4,8-9,14H,5-7,10-13H2,1H3,(H,18,22). The molecule has 1 atom stereocenters. The van der Waals surface area contributed by atoms with Crippen molar-refractivity contribution in [3.8, 4) is 0 Å². The van der Waals surface area contributed by atoms with E-state index in [1.807, 2.05) is 35.2 Å². The second-order valence-corrected chi connectivity index (χ2v) is 7.04. The fraction of sp³-hybridized carbons (Fsp3) is 0.529. The fourth-order valence-corrected chi connectivity index (χ4v) is 3.89. The molecule has 3 rings (SSSR count). The Morgan fingerprint density at radius 2 is 1.96 bits per heavy atom. The maximum absolute atomic E-state index is 5.66. The molecule has 0 bridgehead atoms. The number of rotatable bonds is 3. The van der Waals surface area contributed by atoms with Gasteiger partial charge in [0.1, 0.15) is 0 Å². The van der Waals surface area contributed by atoms with Crippen molar-refractivity contribution in [3.63, 3.8) is 0 Å². The maximum Gasteiger partial charge on any atom is 0.179 e. The number of nitrogens with zero attached hydrogens (tertiary/aromatic N) is 3. The lowest BCUT2D eigenvalue weighted by molar-refractivity contribution is 0.114. The van der Waals surface area contributed by atoms with E-state index < -0.39 is 0 Å². The molecule has 4 nitrogen and oxygen atoms in total. The molecule has 2 saturated heterocycles. The summed E-state index contributed by atoms with van der Waals surface area (Å²) in [6, 6.07) is 10.7. The minimum Gasteiger partial charge on any atom is -0.334 e. The van der Waals surface area contributed by atoms with Gasteiger partial charge in [-0.3, -0.25) is 9.80 Å². The SMILES string of the molecule is CC1CCCCN1CN1CCN(C(=S)Nc2ccccc2)C1=S. The molecule has 2 aliphatic heterocycles. The van der Waals surface area contributed by atoms with Crippen molar-refractivity contribution >= 4 is 40.3 Å². The van der Waals surface area contributed by atoms with Gasteiger partial charge in [0.25, 0.3) is 0 Å². The van der Waals surface area contributed by atoms with Gasteiger partial charge in [0.05, 0.1) is 6.67 Å². The van der Waals surface area contributed by atoms with E-state index in [1.54, 1.807) is 0 Å². The van der Waals surface area contributed by atoms with Gasteiger partial charge in [-0.15, -0.1) is 0 Å². The third-order valence-electron chi connectivity index (χ3n) is 4.66. The first-order valence-electron chi connectivity index (χ1n) is 8.31. The molecule has 1 aromatic rings. The van der Waals surface area contributed by atoms with E-state index in [0.717, 1.165) is 30.6 Å². The number of likely N-dealkylation sites (tertiary alicyclic amines) is 1. The van der Waals surface area contributed by atoms with E-state index in [9.17, 15) is 0 Å². The van der Waals surface area contributed by atoms with Crippen LogP contribution in [-0.4, -0.2) is 57.3 Å². The van der Waals surface area contributed by atoms with Crippen molar-refractivity contribution < 1.29 is 0 Å². The molecule has 0 amide bonds. The van der Waals surface area contributed by atoms with Gasteiger partial charge in [-0.05, 0) is 56.3 Å². The van der Waals surface area contributed by atoms with Gasteiger partial charge in [-0.2, -0.15) is 0 Å². The zero-order chi connectivity index (χ0) is 16.2. The predicted octanol–water partition coefficient (Wildman–Crippen LogP) is 3.12. The molecule has 0 aromatic heterocycles. The number of benzene rings is 1. The first-order chi connectivity index (χ1) is 11.1. The van der Waals surface area contributed by atoms with Crippen molar-refractivity contribution in [2.75, 3.05) is 31.6 Å². The number of piperidine rings is 1. The first-order valence-corrected chi connectivity index (χ1v) is 9.13. The normalized spacial score (nSPS) is 22.5. The highest BCUT2D eigenvalue weighted by Crippen LogP contribution is 2.19. The molecular weight excluding hydrogens is 324 g/mol. The number of thiocarbonyl (C=S) groups is 2. The molecule has 0 saturated carbocycles. The molecule has 2 aliphatic rings. The fourth-order valence-electron chi connectivity index (χ4n) is 3.20. The van der Waals surface area contributed by atoms with Gasteiger partial charge in [-0.25, -0.2) is 0 Å². The summed E-state index contributed by atoms with van der Waals surface area (Å²) in [5.41, 5.74) is 1.00. The number of hydrogen-bond acceptors (Lipinski definition) is 3. The van der Waals surface area contributed by atoms with Gasteiger partial charge in [0.2, 0.25) is 0 Å². The van der Waals surface area contributed by atoms with E-state index in [-0.39, 0.29) is 0 Å². The summed E-state index contributed by atoms with van der Waals surface area (Å²) in [6.45, 7) is 6.22. The van der Waals surface area contributed by atoms with E-state index in [0.29, 0.717) is 11.2 Å². The molecule has 1 unspecified atom stereocenters. The van der Waals surface area contributed by atoms with Crippen LogP contribution in [-0.2, 0) is 0 Å². The summed E-state index contributed by atoms with van der Waals surface area (Å²) in [5, 5.41) is 4.81. The van der Waals surface area contributed by atoms with Crippen LogP contribution in [0.5, 0.6) is 0 Å². The monoisotopic (exact) mass is 348 g/mol. The van der Waals surface area contributed by atoms with Crippen LogP contribution in [0.4, 0.5) is 5.69 Å². The summed E-state index contributed by atoms with van der Waals surface area (Å²) in [6.07, 6.45) is 3.93. The molecule has 0 aliphatic carbocycles. The van der Waals surface area contributed by atoms with Crippen LogP contribution in [0.3, 0.4) is 0 Å². The van der Waals surface area contributed by atoms with Crippen molar-refractivity contribution in [2.24, 2.45) is 0 Å². The molecule has 23 heavy (non-hydrogen) atoms. The summed E-state index contributed by atoms with van der Waals surface area (Å²) in [7, 11) is 0. The topological polar surface area (TPSA) is 21.8 Å². The average molecular weight is 349 g/mol. The van der Waals surface area contributed by atoms with Crippen LogP contribution in [0.15, 0.2) is 30.3 Å². The Labute approximate surface area is 149 Å². The lowest BCUT2D eigenvalue weighted by Crippen LogP contribution is -2.47. The van der Waals surface area contributed by atoms with Crippen molar-refractivity contribution in [1.29, 1.82) is 0 Å². The van der Waals surface area contributed by atoms with Gasteiger partial charge >= 0.3 is 0 Å². The third kappa shape index (κ3) is 4.00. The number of para-hydroxylation sites is 1. The molecule has 1 N–H and O–H groups in total. The number of nitrogens with one attached hydrogen (secondary N) is 1. The lowest BCUT2D eigenvalue weighted by Gasteiger charge is -2.36. The van der Waals surface area contributed by atoms with Gasteiger partial charge in [-0.1, -0.05) is 24.6 Å². The minimum atomic E-state index is 0.648. The van der Waals surface area contributed by atoms with Gasteiger partial charge in [0, 0.05) is 31.4 Å². The van der Waals surface area contributed by atoms with Crippen molar-refractivity contribution in [2.45, 2.75) is 32.2 Å². The lowest BCUT2D eigenvalue weighted by atomic mass is 10.0. The summed E-state index contributed by atoms with van der Waals surface area (Å²) in [5.74, 6) is 0. The molecule has 0 radical (unpaired) electrons. The van der Waals surface area contributed by atoms with Crippen molar-refractivity contribution in [3.05, 3.63) is 30.3 Å². The van der Waals surface area contributed by atoms with E-state index in [2.05, 4.69) is 22.0 Å². The largest absolute Gasteiger partial charge is 0.334 e. The highest BCUT2D eigenvalue weighted by molar-refractivity contribution is 7.82. The molecule has 6 heteroatoms. The van der Waals surface area contributed by atoms with Gasteiger partial charge < -0.3 is 10.2 Å². The number of anilines is 1. The Hall–Kier alpha value is -1.24. The highest BCUT2D eigenvalue weighted by Gasteiger charge is 2.30. The van der Waals surface area contributed by atoms with Crippen LogP contribution in [0.1, 0.15) is 26.2 Å². The average Bonchev–Trinajstić information content (AvgIpc) is 2.92. The Morgan fingerprint density at radius 3 is 2.70 bits per heavy atom. The predicted molar refractivity (Wildman–Crippen MR) is 104 cm³/mol.